The summed E-state index contributed by atoms with van der Waals surface area (Å²) in [6.07, 6.45) is 1.37. The number of imide groups is 1. The van der Waals surface area contributed by atoms with Crippen LogP contribution in [0.1, 0.15) is 5.76 Å². The van der Waals surface area contributed by atoms with E-state index in [2.05, 4.69) is 5.10 Å². The maximum absolute atomic E-state index is 11.7. The Kier molecular flexibility index (Phi) is 4.11. The van der Waals surface area contributed by atoms with Gasteiger partial charge in [-0.2, -0.15) is 5.10 Å². The molecular formula is C15H11Cl2N3O3. The smallest absolute Gasteiger partial charge is 0.347 e. The highest BCUT2D eigenvalue weighted by atomic mass is 35.5. The summed E-state index contributed by atoms with van der Waals surface area (Å²) in [5.74, 6) is 0.698. The molecule has 1 aliphatic heterocycles. The first-order chi connectivity index (χ1) is 10.9. The van der Waals surface area contributed by atoms with Crippen molar-refractivity contribution >= 4 is 41.4 Å². The third-order valence-electron chi connectivity index (χ3n) is 3.27. The highest BCUT2D eigenvalue weighted by Gasteiger charge is 2.32. The maximum Gasteiger partial charge on any atom is 0.347 e. The van der Waals surface area contributed by atoms with Crippen LogP contribution in [-0.2, 0) is 4.79 Å². The number of benzene rings is 1. The van der Waals surface area contributed by atoms with Crippen molar-refractivity contribution in [3.63, 3.8) is 0 Å². The van der Waals surface area contributed by atoms with Gasteiger partial charge < -0.3 is 4.42 Å². The van der Waals surface area contributed by atoms with Crippen LogP contribution in [0.4, 0.5) is 4.79 Å². The second-order valence-electron chi connectivity index (χ2n) is 4.90. The van der Waals surface area contributed by atoms with E-state index in [-0.39, 0.29) is 12.5 Å². The Morgan fingerprint density at radius 1 is 1.17 bits per heavy atom. The second-order valence-corrected chi connectivity index (χ2v) is 5.77. The highest BCUT2D eigenvalue weighted by Crippen LogP contribution is 2.28. The van der Waals surface area contributed by atoms with Crippen LogP contribution in [0.2, 0.25) is 10.0 Å². The number of furan rings is 1. The zero-order valence-corrected chi connectivity index (χ0v) is 13.5. The van der Waals surface area contributed by atoms with E-state index < -0.39 is 6.03 Å². The zero-order valence-electron chi connectivity index (χ0n) is 12.0. The Morgan fingerprint density at radius 2 is 1.87 bits per heavy atom. The lowest BCUT2D eigenvalue weighted by atomic mass is 10.2. The Labute approximate surface area is 141 Å². The SMILES string of the molecule is CN1C(=O)CN(/N=C/c2ccc(-c3cc(Cl)cc(Cl)c3)o2)C1=O. The number of rotatable bonds is 3. The monoisotopic (exact) mass is 351 g/mol. The molecule has 1 aromatic heterocycles. The van der Waals surface area contributed by atoms with E-state index in [1.54, 1.807) is 30.3 Å². The fourth-order valence-corrected chi connectivity index (χ4v) is 2.60. The normalized spacial score (nSPS) is 15.3. The molecule has 118 valence electrons. The van der Waals surface area contributed by atoms with Gasteiger partial charge >= 0.3 is 6.03 Å². The molecule has 0 radical (unpaired) electrons. The van der Waals surface area contributed by atoms with Gasteiger partial charge in [0, 0.05) is 22.7 Å². The quantitative estimate of drug-likeness (QED) is 0.627. The van der Waals surface area contributed by atoms with Crippen molar-refractivity contribution in [2.24, 2.45) is 5.10 Å². The molecule has 0 atom stereocenters. The van der Waals surface area contributed by atoms with Gasteiger partial charge in [-0.1, -0.05) is 23.2 Å². The van der Waals surface area contributed by atoms with E-state index >= 15 is 0 Å². The van der Waals surface area contributed by atoms with Crippen molar-refractivity contribution in [2.45, 2.75) is 0 Å². The summed E-state index contributed by atoms with van der Waals surface area (Å²) in [5, 5.41) is 6.04. The van der Waals surface area contributed by atoms with Crippen molar-refractivity contribution in [3.05, 3.63) is 46.1 Å². The summed E-state index contributed by atoms with van der Waals surface area (Å²) < 4.78 is 5.63. The number of carbonyl (C=O) groups excluding carboxylic acids is 2. The molecule has 1 fully saturated rings. The van der Waals surface area contributed by atoms with Crippen molar-refractivity contribution in [1.29, 1.82) is 0 Å². The van der Waals surface area contributed by atoms with E-state index in [4.69, 9.17) is 27.6 Å². The van der Waals surface area contributed by atoms with E-state index in [0.717, 1.165) is 15.5 Å². The number of amides is 3. The molecule has 2 heterocycles. The Hall–Kier alpha value is -2.31. The lowest BCUT2D eigenvalue weighted by Gasteiger charge is -2.06. The van der Waals surface area contributed by atoms with Gasteiger partial charge in [0.1, 0.15) is 18.1 Å². The predicted molar refractivity (Wildman–Crippen MR) is 86.6 cm³/mol. The van der Waals surface area contributed by atoms with Gasteiger partial charge in [-0.15, -0.1) is 0 Å². The first-order valence-corrected chi connectivity index (χ1v) is 7.38. The molecule has 6 nitrogen and oxygen atoms in total. The van der Waals surface area contributed by atoms with Crippen LogP contribution in [0, 0.1) is 0 Å². The van der Waals surface area contributed by atoms with Crippen LogP contribution in [-0.4, -0.2) is 41.7 Å². The van der Waals surface area contributed by atoms with Gasteiger partial charge in [0.05, 0.1) is 6.21 Å². The number of carbonyl (C=O) groups is 2. The minimum atomic E-state index is -0.473. The first kappa shape index (κ1) is 15.6. The lowest BCUT2D eigenvalue weighted by Crippen LogP contribution is -2.26. The van der Waals surface area contributed by atoms with Gasteiger partial charge in [0.2, 0.25) is 0 Å². The molecule has 0 spiro atoms. The van der Waals surface area contributed by atoms with E-state index in [1.807, 2.05) is 0 Å². The third-order valence-corrected chi connectivity index (χ3v) is 3.70. The molecule has 1 aliphatic rings. The van der Waals surface area contributed by atoms with Gasteiger partial charge in [-0.25, -0.2) is 9.80 Å². The van der Waals surface area contributed by atoms with Crippen LogP contribution >= 0.6 is 23.2 Å². The molecule has 1 aromatic carbocycles. The third kappa shape index (κ3) is 3.23. The van der Waals surface area contributed by atoms with Crippen molar-refractivity contribution in [1.82, 2.24) is 9.91 Å². The van der Waals surface area contributed by atoms with Crippen molar-refractivity contribution in [3.8, 4) is 11.3 Å². The Bertz CT molecular complexity index is 796. The molecule has 0 unspecified atom stereocenters. The number of hydrogen-bond donors (Lipinski definition) is 0. The molecule has 0 saturated carbocycles. The summed E-state index contributed by atoms with van der Waals surface area (Å²) in [6, 6.07) is 8.05. The number of likely N-dealkylation sites (N-methyl/N-ethyl adjacent to an activating group) is 1. The minimum absolute atomic E-state index is 0.0801. The zero-order chi connectivity index (χ0) is 16.6. The number of hydrogen-bond acceptors (Lipinski definition) is 4. The molecule has 2 aromatic rings. The molecule has 0 N–H and O–H groups in total. The van der Waals surface area contributed by atoms with Gasteiger partial charge in [0.25, 0.3) is 5.91 Å². The molecule has 0 bridgehead atoms. The fourth-order valence-electron chi connectivity index (χ4n) is 2.07. The van der Waals surface area contributed by atoms with Crippen LogP contribution < -0.4 is 0 Å². The molecule has 0 aliphatic carbocycles. The van der Waals surface area contributed by atoms with E-state index in [9.17, 15) is 9.59 Å². The number of hydrazone groups is 1. The summed E-state index contributed by atoms with van der Waals surface area (Å²) >= 11 is 11.9. The molecule has 8 heteroatoms. The van der Waals surface area contributed by atoms with Crippen LogP contribution in [0.15, 0.2) is 39.9 Å². The summed E-state index contributed by atoms with van der Waals surface area (Å²) in [4.78, 5) is 24.1. The average molecular weight is 352 g/mol. The van der Waals surface area contributed by atoms with Gasteiger partial charge in [-0.05, 0) is 30.3 Å². The standard InChI is InChI=1S/C15H11Cl2N3O3/c1-19-14(21)8-20(15(19)22)18-7-12-2-3-13(23-12)9-4-10(16)6-11(17)5-9/h2-7H,8H2,1H3/b18-7+. The molecule has 23 heavy (non-hydrogen) atoms. The lowest BCUT2D eigenvalue weighted by molar-refractivity contribution is -0.124. The second kappa shape index (κ2) is 6.06. The number of nitrogens with zero attached hydrogens (tertiary/aromatic N) is 3. The van der Waals surface area contributed by atoms with E-state index in [1.165, 1.54) is 13.3 Å². The minimum Gasteiger partial charge on any atom is -0.455 e. The molecular weight excluding hydrogens is 341 g/mol. The van der Waals surface area contributed by atoms with Gasteiger partial charge in [0.15, 0.2) is 0 Å². The Morgan fingerprint density at radius 3 is 2.48 bits per heavy atom. The van der Waals surface area contributed by atoms with E-state index in [0.29, 0.717) is 21.6 Å². The summed E-state index contributed by atoms with van der Waals surface area (Å²) in [7, 11) is 1.41. The highest BCUT2D eigenvalue weighted by molar-refractivity contribution is 6.35. The van der Waals surface area contributed by atoms with Gasteiger partial charge in [-0.3, -0.25) is 9.69 Å². The summed E-state index contributed by atoms with van der Waals surface area (Å²) in [6.45, 7) is -0.0801. The average Bonchev–Trinajstić information content (AvgIpc) is 3.05. The summed E-state index contributed by atoms with van der Waals surface area (Å²) in [5.41, 5.74) is 0.731. The maximum atomic E-state index is 11.7. The van der Waals surface area contributed by atoms with Crippen LogP contribution in [0.25, 0.3) is 11.3 Å². The van der Waals surface area contributed by atoms with Crippen molar-refractivity contribution < 1.29 is 14.0 Å². The number of urea groups is 1. The molecule has 1 saturated heterocycles. The molecule has 3 amide bonds. The molecule has 3 rings (SSSR count). The Balaban J connectivity index is 1.79. The first-order valence-electron chi connectivity index (χ1n) is 6.62. The largest absolute Gasteiger partial charge is 0.455 e. The van der Waals surface area contributed by atoms with Crippen LogP contribution in [0.5, 0.6) is 0 Å². The topological polar surface area (TPSA) is 66.1 Å². The fraction of sp³-hybridized carbons (Fsp3) is 0.133. The van der Waals surface area contributed by atoms with Crippen molar-refractivity contribution in [2.75, 3.05) is 13.6 Å². The predicted octanol–water partition coefficient (Wildman–Crippen LogP) is 3.48. The number of halogens is 2. The van der Waals surface area contributed by atoms with Crippen LogP contribution in [0.3, 0.4) is 0 Å².